The first-order chi connectivity index (χ1) is 9.71. The molecule has 1 aromatic heterocycles. The van der Waals surface area contributed by atoms with Crippen LogP contribution in [0.3, 0.4) is 0 Å². The summed E-state index contributed by atoms with van der Waals surface area (Å²) in [6.45, 7) is 1.57. The summed E-state index contributed by atoms with van der Waals surface area (Å²) >= 11 is 0. The first-order valence-corrected chi connectivity index (χ1v) is 5.68. The number of rotatable bonds is 3. The van der Waals surface area contributed by atoms with Gasteiger partial charge in [-0.2, -0.15) is 13.2 Å². The largest absolute Gasteiger partial charge is 0.502 e. The van der Waals surface area contributed by atoms with Crippen LogP contribution in [0.15, 0.2) is 22.9 Å². The molecule has 0 aliphatic heterocycles. The van der Waals surface area contributed by atoms with Gasteiger partial charge in [0.15, 0.2) is 0 Å². The molecule has 112 valence electrons. The number of phenols is 1. The minimum absolute atomic E-state index is 0.0585. The van der Waals surface area contributed by atoms with E-state index in [0.717, 1.165) is 6.07 Å². The molecule has 21 heavy (non-hydrogen) atoms. The van der Waals surface area contributed by atoms with Crippen LogP contribution in [0.2, 0.25) is 0 Å². The molecule has 0 aliphatic carbocycles. The zero-order valence-electron chi connectivity index (χ0n) is 10.6. The number of nitrogens with zero attached hydrogens (tertiary/aromatic N) is 2. The highest BCUT2D eigenvalue weighted by molar-refractivity contribution is 5.58. The smallest absolute Gasteiger partial charge is 0.420 e. The number of nitro benzene ring substituents is 1. The van der Waals surface area contributed by atoms with Crippen molar-refractivity contribution in [3.8, 4) is 5.75 Å². The molecule has 0 unspecified atom stereocenters. The monoisotopic (exact) mass is 302 g/mol. The summed E-state index contributed by atoms with van der Waals surface area (Å²) in [6.07, 6.45) is -3.63. The van der Waals surface area contributed by atoms with E-state index in [1.165, 1.54) is 6.20 Å². The summed E-state index contributed by atoms with van der Waals surface area (Å²) in [5.74, 6) is -0.997. The van der Waals surface area contributed by atoms with Crippen LogP contribution in [-0.2, 0) is 12.6 Å². The van der Waals surface area contributed by atoms with Crippen molar-refractivity contribution in [1.29, 1.82) is 0 Å². The van der Waals surface area contributed by atoms with Gasteiger partial charge in [-0.1, -0.05) is 11.2 Å². The number of phenolic OH excluding ortho intramolecular Hbond substituents is 1. The number of hydrogen-bond donors (Lipinski definition) is 1. The maximum atomic E-state index is 12.7. The van der Waals surface area contributed by atoms with Gasteiger partial charge in [0, 0.05) is 17.5 Å². The molecule has 0 amide bonds. The van der Waals surface area contributed by atoms with Gasteiger partial charge in [0.05, 0.1) is 11.1 Å². The first-order valence-electron chi connectivity index (χ1n) is 5.68. The molecule has 2 aromatic rings. The van der Waals surface area contributed by atoms with Crippen LogP contribution in [0.25, 0.3) is 0 Å². The zero-order chi connectivity index (χ0) is 15.8. The number of halogens is 3. The molecule has 0 fully saturated rings. The van der Waals surface area contributed by atoms with Crippen LogP contribution >= 0.6 is 0 Å². The predicted octanol–water partition coefficient (Wildman–Crippen LogP) is 3.21. The van der Waals surface area contributed by atoms with Crippen molar-refractivity contribution in [2.45, 2.75) is 19.5 Å². The molecule has 6 nitrogen and oxygen atoms in total. The van der Waals surface area contributed by atoms with Crippen molar-refractivity contribution in [2.75, 3.05) is 0 Å². The van der Waals surface area contributed by atoms with E-state index in [4.69, 9.17) is 4.52 Å². The number of alkyl halides is 3. The number of hydrogen-bond acceptors (Lipinski definition) is 5. The summed E-state index contributed by atoms with van der Waals surface area (Å²) in [7, 11) is 0. The van der Waals surface area contributed by atoms with E-state index in [0.29, 0.717) is 17.4 Å². The Morgan fingerprint density at radius 3 is 2.52 bits per heavy atom. The molecule has 2 rings (SSSR count). The fraction of sp³-hybridized carbons (Fsp3) is 0.250. The van der Waals surface area contributed by atoms with Gasteiger partial charge in [0.2, 0.25) is 5.75 Å². The third-order valence-electron chi connectivity index (χ3n) is 2.95. The SMILES string of the molecule is Cc1oncc1Cc1ccc(C(F)(F)F)c(O)c1[N+](=O)[O-]. The molecular formula is C12H9F3N2O4. The van der Waals surface area contributed by atoms with Crippen molar-refractivity contribution in [2.24, 2.45) is 0 Å². The molecular weight excluding hydrogens is 293 g/mol. The quantitative estimate of drug-likeness (QED) is 0.694. The van der Waals surface area contributed by atoms with E-state index in [2.05, 4.69) is 5.16 Å². The molecule has 1 N–H and O–H groups in total. The zero-order valence-corrected chi connectivity index (χ0v) is 10.6. The second-order valence-corrected chi connectivity index (χ2v) is 4.31. The highest BCUT2D eigenvalue weighted by atomic mass is 19.4. The Hall–Kier alpha value is -2.58. The minimum atomic E-state index is -4.87. The van der Waals surface area contributed by atoms with E-state index in [1.807, 2.05) is 0 Å². The molecule has 0 spiro atoms. The molecule has 0 saturated heterocycles. The number of aryl methyl sites for hydroxylation is 1. The summed E-state index contributed by atoms with van der Waals surface area (Å²) in [5.41, 5.74) is -1.99. The van der Waals surface area contributed by atoms with E-state index in [9.17, 15) is 28.4 Å². The molecule has 0 radical (unpaired) electrons. The van der Waals surface area contributed by atoms with Crippen LogP contribution in [0.4, 0.5) is 18.9 Å². The normalized spacial score (nSPS) is 11.6. The van der Waals surface area contributed by atoms with Crippen LogP contribution < -0.4 is 0 Å². The lowest BCUT2D eigenvalue weighted by Gasteiger charge is -2.11. The lowest BCUT2D eigenvalue weighted by atomic mass is 10.0. The average molecular weight is 302 g/mol. The Bertz CT molecular complexity index is 694. The highest BCUT2D eigenvalue weighted by Crippen LogP contribution is 2.42. The molecule has 1 aromatic carbocycles. The van der Waals surface area contributed by atoms with Crippen molar-refractivity contribution in [3.05, 3.63) is 50.9 Å². The first kappa shape index (κ1) is 14.8. The van der Waals surface area contributed by atoms with Crippen molar-refractivity contribution in [3.63, 3.8) is 0 Å². The number of benzene rings is 1. The van der Waals surface area contributed by atoms with Gasteiger partial charge < -0.3 is 9.63 Å². The van der Waals surface area contributed by atoms with Crippen molar-refractivity contribution >= 4 is 5.69 Å². The molecule has 0 saturated carbocycles. The highest BCUT2D eigenvalue weighted by Gasteiger charge is 2.38. The van der Waals surface area contributed by atoms with E-state index in [1.54, 1.807) is 6.92 Å². The van der Waals surface area contributed by atoms with Crippen LogP contribution in [-0.4, -0.2) is 15.2 Å². The number of aromatic nitrogens is 1. The summed E-state index contributed by atoms with van der Waals surface area (Å²) in [4.78, 5) is 9.94. The molecule has 1 heterocycles. The molecule has 0 bridgehead atoms. The van der Waals surface area contributed by atoms with Gasteiger partial charge in [0.25, 0.3) is 0 Å². The van der Waals surface area contributed by atoms with Gasteiger partial charge >= 0.3 is 11.9 Å². The number of nitro groups is 1. The van der Waals surface area contributed by atoms with Gasteiger partial charge in [-0.25, -0.2) is 0 Å². The molecule has 9 heteroatoms. The van der Waals surface area contributed by atoms with E-state index in [-0.39, 0.29) is 12.0 Å². The van der Waals surface area contributed by atoms with Crippen molar-refractivity contribution < 1.29 is 27.7 Å². The van der Waals surface area contributed by atoms with Crippen molar-refractivity contribution in [1.82, 2.24) is 5.16 Å². The Labute approximate surface area is 115 Å². The van der Waals surface area contributed by atoms with Crippen LogP contribution in [0, 0.1) is 17.0 Å². The summed E-state index contributed by atoms with van der Waals surface area (Å²) < 4.78 is 42.8. The second-order valence-electron chi connectivity index (χ2n) is 4.31. The Kier molecular flexibility index (Phi) is 3.58. The summed E-state index contributed by atoms with van der Waals surface area (Å²) in [6, 6.07) is 1.58. The lowest BCUT2D eigenvalue weighted by Crippen LogP contribution is -2.08. The maximum Gasteiger partial charge on any atom is 0.420 e. The van der Waals surface area contributed by atoms with E-state index < -0.39 is 28.1 Å². The van der Waals surface area contributed by atoms with Crippen LogP contribution in [0.1, 0.15) is 22.5 Å². The molecule has 0 atom stereocenters. The van der Waals surface area contributed by atoms with Crippen LogP contribution in [0.5, 0.6) is 5.75 Å². The Morgan fingerprint density at radius 2 is 2.05 bits per heavy atom. The maximum absolute atomic E-state index is 12.7. The second kappa shape index (κ2) is 5.08. The Morgan fingerprint density at radius 1 is 1.38 bits per heavy atom. The molecule has 0 aliphatic rings. The van der Waals surface area contributed by atoms with Gasteiger partial charge in [-0.05, 0) is 13.0 Å². The lowest BCUT2D eigenvalue weighted by molar-refractivity contribution is -0.386. The fourth-order valence-corrected chi connectivity index (χ4v) is 1.89. The van der Waals surface area contributed by atoms with Gasteiger partial charge in [-0.3, -0.25) is 10.1 Å². The Balaban J connectivity index is 2.55. The van der Waals surface area contributed by atoms with Gasteiger partial charge in [-0.15, -0.1) is 0 Å². The third kappa shape index (κ3) is 2.81. The van der Waals surface area contributed by atoms with Gasteiger partial charge in [0.1, 0.15) is 11.3 Å². The third-order valence-corrected chi connectivity index (χ3v) is 2.95. The number of aromatic hydroxyl groups is 1. The summed E-state index contributed by atoms with van der Waals surface area (Å²) in [5, 5.41) is 24.0. The standard InChI is InChI=1S/C12H9F3N2O4/c1-6-8(5-16-21-6)4-7-2-3-9(12(13,14)15)11(18)10(7)17(19)20/h2-3,5,18H,4H2,1H3. The fourth-order valence-electron chi connectivity index (χ4n) is 1.89. The topological polar surface area (TPSA) is 89.4 Å². The average Bonchev–Trinajstić information content (AvgIpc) is 2.73. The minimum Gasteiger partial charge on any atom is -0.502 e. The predicted molar refractivity (Wildman–Crippen MR) is 63.8 cm³/mol. The van der Waals surface area contributed by atoms with E-state index >= 15 is 0 Å².